The number of unbranched alkanes of at least 4 members (excludes halogenated alkanes) is 1. The SMILES string of the molecule is CC(C)O[C@H]1CC[C@H](CCCCN2CCN(C(C)C)C[C@@H]2C(F)(F)F)CC1. The molecule has 1 heterocycles. The van der Waals surface area contributed by atoms with Gasteiger partial charge < -0.3 is 4.74 Å². The Balaban J connectivity index is 1.68. The van der Waals surface area contributed by atoms with E-state index in [4.69, 9.17) is 4.74 Å². The first-order valence-electron chi connectivity index (χ1n) is 10.9. The number of hydrogen-bond donors (Lipinski definition) is 0. The van der Waals surface area contributed by atoms with Crippen molar-refractivity contribution in [1.29, 1.82) is 0 Å². The first-order chi connectivity index (χ1) is 12.7. The average Bonchev–Trinajstić information content (AvgIpc) is 2.58. The Bertz CT molecular complexity index is 420. The van der Waals surface area contributed by atoms with Crippen LogP contribution in [0.3, 0.4) is 0 Å². The zero-order valence-electron chi connectivity index (χ0n) is 17.6. The Hall–Kier alpha value is -0.330. The van der Waals surface area contributed by atoms with Gasteiger partial charge in [0.1, 0.15) is 6.04 Å². The van der Waals surface area contributed by atoms with E-state index >= 15 is 0 Å². The van der Waals surface area contributed by atoms with Crippen LogP contribution in [0.4, 0.5) is 13.2 Å². The summed E-state index contributed by atoms with van der Waals surface area (Å²) in [5, 5.41) is 0. The van der Waals surface area contributed by atoms with E-state index in [2.05, 4.69) is 13.8 Å². The normalized spacial score (nSPS) is 29.0. The molecular weight excluding hydrogens is 353 g/mol. The van der Waals surface area contributed by atoms with Crippen molar-refractivity contribution in [1.82, 2.24) is 9.80 Å². The van der Waals surface area contributed by atoms with Crippen LogP contribution in [0.15, 0.2) is 0 Å². The van der Waals surface area contributed by atoms with Crippen LogP contribution in [0.5, 0.6) is 0 Å². The van der Waals surface area contributed by atoms with Gasteiger partial charge in [0.05, 0.1) is 12.2 Å². The molecule has 1 saturated heterocycles. The van der Waals surface area contributed by atoms with Crippen molar-refractivity contribution in [2.24, 2.45) is 5.92 Å². The molecule has 0 aromatic heterocycles. The summed E-state index contributed by atoms with van der Waals surface area (Å²) in [6.45, 7) is 10.1. The van der Waals surface area contributed by atoms with Crippen LogP contribution >= 0.6 is 0 Å². The minimum absolute atomic E-state index is 0.112. The molecule has 0 aromatic rings. The predicted molar refractivity (Wildman–Crippen MR) is 104 cm³/mol. The zero-order valence-corrected chi connectivity index (χ0v) is 17.6. The molecule has 0 spiro atoms. The lowest BCUT2D eigenvalue weighted by Gasteiger charge is -2.43. The first kappa shape index (κ1) is 23.0. The summed E-state index contributed by atoms with van der Waals surface area (Å²) in [5.41, 5.74) is 0. The summed E-state index contributed by atoms with van der Waals surface area (Å²) < 4.78 is 46.3. The second-order valence-corrected chi connectivity index (χ2v) is 9.01. The van der Waals surface area contributed by atoms with Gasteiger partial charge in [0, 0.05) is 25.7 Å². The molecule has 0 bridgehead atoms. The summed E-state index contributed by atoms with van der Waals surface area (Å²) in [4.78, 5) is 3.62. The maximum Gasteiger partial charge on any atom is 0.405 e. The summed E-state index contributed by atoms with van der Waals surface area (Å²) in [5.74, 6) is 0.730. The van der Waals surface area contributed by atoms with E-state index in [1.54, 1.807) is 4.90 Å². The molecule has 0 amide bonds. The second kappa shape index (κ2) is 10.4. The fraction of sp³-hybridized carbons (Fsp3) is 1.00. The number of halogens is 3. The third kappa shape index (κ3) is 7.54. The van der Waals surface area contributed by atoms with Gasteiger partial charge >= 0.3 is 6.18 Å². The van der Waals surface area contributed by atoms with Crippen molar-refractivity contribution in [3.05, 3.63) is 0 Å². The molecule has 27 heavy (non-hydrogen) atoms. The second-order valence-electron chi connectivity index (χ2n) is 9.01. The van der Waals surface area contributed by atoms with Gasteiger partial charge in [0.2, 0.25) is 0 Å². The Morgan fingerprint density at radius 1 is 0.963 bits per heavy atom. The summed E-state index contributed by atoms with van der Waals surface area (Å²) in [6, 6.07) is -1.14. The van der Waals surface area contributed by atoms with Crippen molar-refractivity contribution < 1.29 is 17.9 Å². The summed E-state index contributed by atoms with van der Waals surface area (Å²) in [6.07, 6.45) is 4.30. The van der Waals surface area contributed by atoms with Crippen LogP contribution in [0.25, 0.3) is 0 Å². The molecule has 0 radical (unpaired) electrons. The summed E-state index contributed by atoms with van der Waals surface area (Å²) in [7, 11) is 0. The van der Waals surface area contributed by atoms with E-state index in [1.807, 2.05) is 18.7 Å². The fourth-order valence-electron chi connectivity index (χ4n) is 4.58. The molecule has 6 heteroatoms. The van der Waals surface area contributed by atoms with Crippen LogP contribution in [-0.2, 0) is 4.74 Å². The quantitative estimate of drug-likeness (QED) is 0.535. The molecule has 2 fully saturated rings. The Labute approximate surface area is 163 Å². The largest absolute Gasteiger partial charge is 0.405 e. The van der Waals surface area contributed by atoms with Gasteiger partial charge in [-0.25, -0.2) is 0 Å². The maximum atomic E-state index is 13.5. The number of rotatable bonds is 8. The van der Waals surface area contributed by atoms with Crippen LogP contribution in [0, 0.1) is 5.92 Å². The van der Waals surface area contributed by atoms with E-state index in [0.717, 1.165) is 44.6 Å². The van der Waals surface area contributed by atoms with Gasteiger partial charge in [-0.1, -0.05) is 12.8 Å². The molecule has 3 nitrogen and oxygen atoms in total. The number of nitrogens with zero attached hydrogens (tertiary/aromatic N) is 2. The predicted octanol–water partition coefficient (Wildman–Crippen LogP) is 5.10. The highest BCUT2D eigenvalue weighted by molar-refractivity contribution is 4.88. The van der Waals surface area contributed by atoms with Crippen molar-refractivity contribution in [2.45, 2.75) is 103 Å². The van der Waals surface area contributed by atoms with Crippen LogP contribution in [0.1, 0.15) is 72.6 Å². The van der Waals surface area contributed by atoms with E-state index in [9.17, 15) is 13.2 Å². The van der Waals surface area contributed by atoms with Crippen molar-refractivity contribution in [3.63, 3.8) is 0 Å². The highest BCUT2D eigenvalue weighted by atomic mass is 19.4. The van der Waals surface area contributed by atoms with E-state index in [1.165, 1.54) is 12.8 Å². The molecule has 0 aromatic carbocycles. The maximum absolute atomic E-state index is 13.5. The van der Waals surface area contributed by atoms with Gasteiger partial charge in [-0.2, -0.15) is 13.2 Å². The van der Waals surface area contributed by atoms with E-state index in [0.29, 0.717) is 25.3 Å². The topological polar surface area (TPSA) is 15.7 Å². The Morgan fingerprint density at radius 3 is 2.19 bits per heavy atom. The third-order valence-corrected chi connectivity index (χ3v) is 6.20. The molecule has 0 unspecified atom stereocenters. The van der Waals surface area contributed by atoms with Gasteiger partial charge in [0.15, 0.2) is 0 Å². The lowest BCUT2D eigenvalue weighted by atomic mass is 9.84. The zero-order chi connectivity index (χ0) is 20.0. The summed E-state index contributed by atoms with van der Waals surface area (Å²) >= 11 is 0. The lowest BCUT2D eigenvalue weighted by molar-refractivity contribution is -0.198. The fourth-order valence-corrected chi connectivity index (χ4v) is 4.58. The van der Waals surface area contributed by atoms with Gasteiger partial charge in [-0.05, 0) is 72.3 Å². The molecule has 0 N–H and O–H groups in total. The number of ether oxygens (including phenoxy) is 1. The third-order valence-electron chi connectivity index (χ3n) is 6.20. The molecule has 2 aliphatic rings. The van der Waals surface area contributed by atoms with Crippen molar-refractivity contribution in [3.8, 4) is 0 Å². The Kier molecular flexibility index (Phi) is 8.88. The molecule has 1 aliphatic heterocycles. The highest BCUT2D eigenvalue weighted by Crippen LogP contribution is 2.31. The van der Waals surface area contributed by atoms with Crippen LogP contribution in [0.2, 0.25) is 0 Å². The smallest absolute Gasteiger partial charge is 0.376 e. The molecule has 2 rings (SSSR count). The number of piperazine rings is 1. The monoisotopic (exact) mass is 392 g/mol. The number of hydrogen-bond acceptors (Lipinski definition) is 3. The van der Waals surface area contributed by atoms with Crippen molar-refractivity contribution >= 4 is 0 Å². The lowest BCUT2D eigenvalue weighted by Crippen LogP contribution is -2.60. The average molecular weight is 393 g/mol. The molecule has 160 valence electrons. The van der Waals surface area contributed by atoms with Crippen LogP contribution < -0.4 is 0 Å². The van der Waals surface area contributed by atoms with E-state index < -0.39 is 12.2 Å². The van der Waals surface area contributed by atoms with Crippen molar-refractivity contribution in [2.75, 3.05) is 26.2 Å². The standard InChI is InChI=1S/C21H39F3N2O/c1-16(2)26-14-13-25(20(15-26)21(22,23)24)12-6-5-7-18-8-10-19(11-9-18)27-17(3)4/h16-20H,5-15H2,1-4H3/t18-,19-,20-/m1/s1. The van der Waals surface area contributed by atoms with Crippen LogP contribution in [-0.4, -0.2) is 66.4 Å². The van der Waals surface area contributed by atoms with E-state index in [-0.39, 0.29) is 12.6 Å². The van der Waals surface area contributed by atoms with Gasteiger partial charge in [-0.15, -0.1) is 0 Å². The first-order valence-corrected chi connectivity index (χ1v) is 10.9. The molecular formula is C21H39F3N2O. The molecule has 1 saturated carbocycles. The number of alkyl halides is 3. The Morgan fingerprint density at radius 2 is 1.63 bits per heavy atom. The minimum atomic E-state index is -4.14. The van der Waals surface area contributed by atoms with Gasteiger partial charge in [0.25, 0.3) is 0 Å². The molecule has 1 atom stereocenters. The molecule has 1 aliphatic carbocycles. The minimum Gasteiger partial charge on any atom is -0.376 e. The van der Waals surface area contributed by atoms with Gasteiger partial charge in [-0.3, -0.25) is 9.80 Å². The highest BCUT2D eigenvalue weighted by Gasteiger charge is 2.46.